The lowest BCUT2D eigenvalue weighted by atomic mass is 9.98. The Labute approximate surface area is 200 Å². The second kappa shape index (κ2) is 11.6. The molecule has 0 bridgehead atoms. The number of anilines is 1. The van der Waals surface area contributed by atoms with E-state index in [1.165, 1.54) is 30.5 Å². The van der Waals surface area contributed by atoms with Crippen molar-refractivity contribution in [2.75, 3.05) is 31.7 Å². The van der Waals surface area contributed by atoms with E-state index in [2.05, 4.69) is 34.9 Å². The molecule has 5 nitrogen and oxygen atoms in total. The van der Waals surface area contributed by atoms with Crippen LogP contribution in [0.3, 0.4) is 0 Å². The maximum atomic E-state index is 12.7. The zero-order valence-corrected chi connectivity index (χ0v) is 20.7. The highest BCUT2D eigenvalue weighted by molar-refractivity contribution is 5.86. The fourth-order valence-corrected chi connectivity index (χ4v) is 4.49. The number of ether oxygens (including phenoxy) is 1. The molecule has 0 spiro atoms. The van der Waals surface area contributed by atoms with E-state index in [4.69, 9.17) is 9.15 Å². The molecule has 0 unspecified atom stereocenters. The number of nitrogens with zero attached hydrogens (tertiary/aromatic N) is 2. The van der Waals surface area contributed by atoms with E-state index < -0.39 is 0 Å². The zero-order chi connectivity index (χ0) is 21.6. The first-order valence-corrected chi connectivity index (χ1v) is 11.5. The molecule has 1 aliphatic heterocycles. The van der Waals surface area contributed by atoms with Gasteiger partial charge in [0.15, 0.2) is 12.4 Å². The molecule has 0 atom stereocenters. The van der Waals surface area contributed by atoms with Crippen LogP contribution in [0.5, 0.6) is 0 Å². The van der Waals surface area contributed by atoms with Gasteiger partial charge in [-0.25, -0.2) is 9.36 Å². The molecule has 0 radical (unpaired) electrons. The maximum absolute atomic E-state index is 12.7. The molecule has 0 fully saturated rings. The second-order valence-electron chi connectivity index (χ2n) is 8.38. The molecule has 0 saturated heterocycles. The summed E-state index contributed by atoms with van der Waals surface area (Å²) in [5, 5.41) is 0.999. The summed E-state index contributed by atoms with van der Waals surface area (Å²) in [7, 11) is 1.75. The molecule has 3 aromatic rings. The van der Waals surface area contributed by atoms with E-state index in [1.54, 1.807) is 7.11 Å². The standard InChI is InChI=1S/C26H33N2O3.BrH/c1-3-28-13-8-9-21-17-22-18-23(26(29)31-25(22)19-24(21)28)20-10-14-27(15-11-20)12-6-4-5-7-16-30-2;/h10-11,14-15,17-19H,3-9,12-13,16H2,1-2H3;1H/q+1;/p-1. The Balaban J connectivity index is 0.00000289. The molecule has 32 heavy (non-hydrogen) atoms. The fourth-order valence-electron chi connectivity index (χ4n) is 4.49. The molecule has 1 aliphatic rings. The number of hydrogen-bond acceptors (Lipinski definition) is 4. The molecule has 4 rings (SSSR count). The predicted octanol–water partition coefficient (Wildman–Crippen LogP) is 1.73. The molecule has 2 aromatic heterocycles. The number of pyridine rings is 1. The predicted molar refractivity (Wildman–Crippen MR) is 125 cm³/mol. The van der Waals surface area contributed by atoms with Crippen molar-refractivity contribution in [1.82, 2.24) is 0 Å². The highest BCUT2D eigenvalue weighted by Crippen LogP contribution is 2.32. The van der Waals surface area contributed by atoms with Gasteiger partial charge in [0.25, 0.3) is 0 Å². The third-order valence-corrected chi connectivity index (χ3v) is 6.25. The van der Waals surface area contributed by atoms with Crippen LogP contribution in [-0.4, -0.2) is 26.8 Å². The van der Waals surface area contributed by atoms with Crippen molar-refractivity contribution in [3.05, 3.63) is 58.7 Å². The minimum absolute atomic E-state index is 0. The van der Waals surface area contributed by atoms with Crippen LogP contribution < -0.4 is 32.1 Å². The molecule has 0 aliphatic carbocycles. The van der Waals surface area contributed by atoms with Crippen LogP contribution >= 0.6 is 0 Å². The number of aryl methyl sites for hydroxylation is 2. The van der Waals surface area contributed by atoms with Crippen molar-refractivity contribution in [3.63, 3.8) is 0 Å². The summed E-state index contributed by atoms with van der Waals surface area (Å²) in [5.74, 6) is 0. The van der Waals surface area contributed by atoms with Crippen LogP contribution in [0, 0.1) is 0 Å². The first kappa shape index (κ1) is 24.5. The maximum Gasteiger partial charge on any atom is 0.344 e. The molecule has 0 saturated carbocycles. The largest absolute Gasteiger partial charge is 1.00 e. The third-order valence-electron chi connectivity index (χ3n) is 6.25. The Bertz CT molecular complexity index is 1080. The van der Waals surface area contributed by atoms with Gasteiger partial charge >= 0.3 is 5.63 Å². The highest BCUT2D eigenvalue weighted by atomic mass is 79.9. The number of benzene rings is 1. The van der Waals surface area contributed by atoms with Crippen LogP contribution in [0.15, 0.2) is 51.9 Å². The lowest BCUT2D eigenvalue weighted by Gasteiger charge is -2.30. The van der Waals surface area contributed by atoms with Crippen LogP contribution in [0.1, 0.15) is 44.6 Å². The zero-order valence-electron chi connectivity index (χ0n) is 19.1. The quantitative estimate of drug-likeness (QED) is 0.255. The van der Waals surface area contributed by atoms with Gasteiger partial charge in [-0.05, 0) is 50.3 Å². The SMILES string of the molecule is CCN1CCCc2cc3cc(-c4cc[n+](CCCCCCOC)cc4)c(=O)oc3cc21.[Br-]. The van der Waals surface area contributed by atoms with E-state index in [0.29, 0.717) is 11.1 Å². The monoisotopic (exact) mass is 500 g/mol. The van der Waals surface area contributed by atoms with Gasteiger partial charge in [0.2, 0.25) is 0 Å². The van der Waals surface area contributed by atoms with Gasteiger partial charge in [-0.2, -0.15) is 0 Å². The van der Waals surface area contributed by atoms with Gasteiger partial charge in [0.1, 0.15) is 12.1 Å². The van der Waals surface area contributed by atoms with Crippen molar-refractivity contribution in [1.29, 1.82) is 0 Å². The molecule has 172 valence electrons. The molecule has 6 heteroatoms. The van der Waals surface area contributed by atoms with E-state index in [-0.39, 0.29) is 22.6 Å². The molecule has 1 aromatic carbocycles. The number of aromatic nitrogens is 1. The van der Waals surface area contributed by atoms with Gasteiger partial charge in [0.05, 0.1) is 5.56 Å². The van der Waals surface area contributed by atoms with Crippen LogP contribution in [0.2, 0.25) is 0 Å². The van der Waals surface area contributed by atoms with E-state index in [9.17, 15) is 4.79 Å². The van der Waals surface area contributed by atoms with E-state index in [0.717, 1.165) is 56.5 Å². The summed E-state index contributed by atoms with van der Waals surface area (Å²) in [6.45, 7) is 6.03. The normalized spacial score (nSPS) is 13.1. The summed E-state index contributed by atoms with van der Waals surface area (Å²) < 4.78 is 13.0. The smallest absolute Gasteiger partial charge is 0.344 e. The van der Waals surface area contributed by atoms with Gasteiger partial charge in [-0.15, -0.1) is 0 Å². The van der Waals surface area contributed by atoms with Crippen LogP contribution in [0.25, 0.3) is 22.1 Å². The first-order valence-electron chi connectivity index (χ1n) is 11.5. The van der Waals surface area contributed by atoms with Crippen LogP contribution in [0.4, 0.5) is 5.69 Å². The van der Waals surface area contributed by atoms with Crippen molar-refractivity contribution < 1.29 is 30.7 Å². The lowest BCUT2D eigenvalue weighted by Crippen LogP contribution is -3.00. The van der Waals surface area contributed by atoms with Crippen molar-refractivity contribution in [3.8, 4) is 11.1 Å². The van der Waals surface area contributed by atoms with Crippen LogP contribution in [-0.2, 0) is 17.7 Å². The minimum Gasteiger partial charge on any atom is -1.00 e. The number of halogens is 1. The highest BCUT2D eigenvalue weighted by Gasteiger charge is 2.18. The van der Waals surface area contributed by atoms with Crippen molar-refractivity contribution in [2.24, 2.45) is 0 Å². The van der Waals surface area contributed by atoms with Gasteiger partial charge in [-0.1, -0.05) is 6.42 Å². The minimum atomic E-state index is -0.276. The summed E-state index contributed by atoms with van der Waals surface area (Å²) in [4.78, 5) is 15.1. The average molecular weight is 501 g/mol. The molecule has 3 heterocycles. The van der Waals surface area contributed by atoms with E-state index in [1.807, 2.05) is 24.3 Å². The van der Waals surface area contributed by atoms with E-state index >= 15 is 0 Å². The Morgan fingerprint density at radius 3 is 2.62 bits per heavy atom. The molecular weight excluding hydrogens is 468 g/mol. The number of fused-ring (bicyclic) bond motifs is 2. The number of hydrogen-bond donors (Lipinski definition) is 0. The summed E-state index contributed by atoms with van der Waals surface area (Å²) in [6, 6.07) is 10.3. The summed E-state index contributed by atoms with van der Waals surface area (Å²) in [5.41, 5.74) is 4.48. The second-order valence-corrected chi connectivity index (χ2v) is 8.38. The first-order chi connectivity index (χ1) is 15.2. The Kier molecular flexibility index (Phi) is 8.88. The third kappa shape index (κ3) is 5.59. The number of unbranched alkanes of at least 4 members (excludes halogenated alkanes) is 3. The lowest BCUT2D eigenvalue weighted by molar-refractivity contribution is -0.697. The summed E-state index contributed by atoms with van der Waals surface area (Å²) >= 11 is 0. The molecular formula is C26H33BrN2O3. The van der Waals surface area contributed by atoms with Gasteiger partial charge in [-0.3, -0.25) is 0 Å². The van der Waals surface area contributed by atoms with Gasteiger partial charge in [0, 0.05) is 68.1 Å². The van der Waals surface area contributed by atoms with Gasteiger partial charge < -0.3 is 31.0 Å². The Morgan fingerprint density at radius 2 is 1.88 bits per heavy atom. The molecule has 0 N–H and O–H groups in total. The molecule has 0 amide bonds. The Morgan fingerprint density at radius 1 is 1.09 bits per heavy atom. The summed E-state index contributed by atoms with van der Waals surface area (Å²) in [6.07, 6.45) is 11.0. The number of rotatable bonds is 9. The topological polar surface area (TPSA) is 46.6 Å². The average Bonchev–Trinajstić information content (AvgIpc) is 2.80. The van der Waals surface area contributed by atoms with Crippen molar-refractivity contribution >= 4 is 16.7 Å². The van der Waals surface area contributed by atoms with Crippen molar-refractivity contribution in [2.45, 2.75) is 52.0 Å². The fraction of sp³-hybridized carbons (Fsp3) is 0.462. The number of methoxy groups -OCH3 is 1. The Hall–Kier alpha value is -2.18.